The summed E-state index contributed by atoms with van der Waals surface area (Å²) in [6.07, 6.45) is 3.19. The van der Waals surface area contributed by atoms with E-state index >= 15 is 0 Å². The van der Waals surface area contributed by atoms with E-state index < -0.39 is 5.79 Å². The van der Waals surface area contributed by atoms with E-state index in [-0.39, 0.29) is 69.7 Å². The van der Waals surface area contributed by atoms with Gasteiger partial charge in [0, 0.05) is 63.8 Å². The zero-order chi connectivity index (χ0) is 14.3. The zero-order valence-corrected chi connectivity index (χ0v) is 15.8. The van der Waals surface area contributed by atoms with Crippen LogP contribution in [0.15, 0.2) is 0 Å². The van der Waals surface area contributed by atoms with Crippen LogP contribution in [0, 0.1) is 25.2 Å². The first kappa shape index (κ1) is 20.1. The Morgan fingerprint density at radius 3 is 2.59 bits per heavy atom. The molecule has 8 heteroatoms. The number of aliphatic hydroxyl groups excluding tert-OH is 1. The molecular weight excluding hydrogens is 464 g/mol. The Morgan fingerprint density at radius 1 is 1.27 bits per heavy atom. The number of anilines is 1. The number of rotatable bonds is 3. The normalized spacial score (nSPS) is 31.8. The number of hydrogen-bond donors (Lipinski definition) is 2. The number of fused-ring (bicyclic) bond motifs is 1. The molecule has 2 fully saturated rings. The minimum Gasteiger partial charge on any atom is -0.550 e. The predicted molar refractivity (Wildman–Crippen MR) is 70.9 cm³/mol. The van der Waals surface area contributed by atoms with Crippen LogP contribution >= 0.6 is 0 Å². The predicted octanol–water partition coefficient (Wildman–Crippen LogP) is 0.693. The van der Waals surface area contributed by atoms with Crippen LogP contribution in [0.3, 0.4) is 0 Å². The summed E-state index contributed by atoms with van der Waals surface area (Å²) in [5.74, 6) is 0.0694. The van der Waals surface area contributed by atoms with Crippen molar-refractivity contribution >= 4 is 5.82 Å². The van der Waals surface area contributed by atoms with Crippen molar-refractivity contribution in [2.45, 2.75) is 51.2 Å². The van der Waals surface area contributed by atoms with Gasteiger partial charge in [-0.2, -0.15) is 5.82 Å². The van der Waals surface area contributed by atoms with E-state index in [1.807, 2.05) is 20.8 Å². The molecule has 1 aromatic heterocycles. The molecule has 2 heterocycles. The smallest absolute Gasteiger partial charge is 0.163 e. The number of hydrogen-bond acceptors (Lipinski definition) is 6. The zero-order valence-electron chi connectivity index (χ0n) is 12.5. The van der Waals surface area contributed by atoms with Crippen LogP contribution in [-0.2, 0) is 48.4 Å². The van der Waals surface area contributed by atoms with Crippen molar-refractivity contribution < 1.29 is 53.5 Å². The molecule has 128 valence electrons. The fourth-order valence-electron chi connectivity index (χ4n) is 3.03. The van der Waals surface area contributed by atoms with Crippen LogP contribution in [0.2, 0.25) is 0 Å². The monoisotopic (exact) mass is 483 g/mol. The molecule has 0 amide bonds. The number of nitrogens with one attached hydrogen (secondary N) is 1. The van der Waals surface area contributed by atoms with Crippen LogP contribution in [0.4, 0.5) is 5.82 Å². The first-order chi connectivity index (χ1) is 9.48. The number of aliphatic hydroxyl groups is 1. The van der Waals surface area contributed by atoms with Crippen molar-refractivity contribution in [3.63, 3.8) is 0 Å². The van der Waals surface area contributed by atoms with Crippen LogP contribution in [0.25, 0.3) is 0 Å². The molecule has 2 radical (unpaired) electrons. The summed E-state index contributed by atoms with van der Waals surface area (Å²) in [6, 6.07) is 3.08. The van der Waals surface area contributed by atoms with E-state index in [1.54, 1.807) is 0 Å². The van der Waals surface area contributed by atoms with E-state index in [0.29, 0.717) is 5.82 Å². The van der Waals surface area contributed by atoms with Gasteiger partial charge in [-0.15, -0.1) is 6.92 Å². The third-order valence-corrected chi connectivity index (χ3v) is 3.82. The molecule has 0 aromatic carbocycles. The molecule has 3 rings (SSSR count). The Bertz CT molecular complexity index is 504. The summed E-state index contributed by atoms with van der Waals surface area (Å²) in [6.45, 7) is 5.73. The number of aryl methyl sites for hydroxylation is 1. The van der Waals surface area contributed by atoms with Crippen LogP contribution in [-0.4, -0.2) is 45.7 Å². The van der Waals surface area contributed by atoms with Gasteiger partial charge < -0.3 is 35.9 Å². The molecule has 4 atom stereocenters. The molecule has 1 aliphatic carbocycles. The van der Waals surface area contributed by atoms with Crippen LogP contribution in [0.1, 0.15) is 26.0 Å². The fraction of sp³-hybridized carbons (Fsp3) is 0.714. The first-order valence-electron chi connectivity index (χ1n) is 6.85. The second-order valence-electron chi connectivity index (χ2n) is 5.88. The van der Waals surface area contributed by atoms with Gasteiger partial charge in [-0.1, -0.05) is 0 Å². The number of nitrogens with zero attached hydrogens (tertiary/aromatic N) is 2. The second-order valence-corrected chi connectivity index (χ2v) is 5.88. The second kappa shape index (κ2) is 7.72. The van der Waals surface area contributed by atoms with Gasteiger partial charge in [0.15, 0.2) is 5.79 Å². The Kier molecular flexibility index (Phi) is 7.03. The number of aromatic nitrogens is 2. The molecule has 0 bridgehead atoms. The molecule has 1 saturated heterocycles. The van der Waals surface area contributed by atoms with Crippen molar-refractivity contribution in [2.24, 2.45) is 5.92 Å². The van der Waals surface area contributed by atoms with Gasteiger partial charge in [0.2, 0.25) is 0 Å². The molecule has 1 aromatic rings. The fourth-order valence-corrected chi connectivity index (χ4v) is 3.03. The van der Waals surface area contributed by atoms with Crippen molar-refractivity contribution in [1.82, 2.24) is 9.97 Å². The largest absolute Gasteiger partial charge is 0.550 e. The SMILES string of the molecule is Cc1[c-]c(N[C@@H]2C[C@H](CO)[C@H]3OC(C)(C)O[C@H]32)n[c-]n1.[Rh].[Rh]. The molecule has 0 spiro atoms. The van der Waals surface area contributed by atoms with Crippen molar-refractivity contribution in [1.29, 1.82) is 0 Å². The van der Waals surface area contributed by atoms with E-state index in [9.17, 15) is 5.11 Å². The summed E-state index contributed by atoms with van der Waals surface area (Å²) >= 11 is 0. The van der Waals surface area contributed by atoms with Gasteiger partial charge in [-0.3, -0.25) is 5.69 Å². The Labute approximate surface area is 156 Å². The van der Waals surface area contributed by atoms with Crippen molar-refractivity contribution in [3.8, 4) is 0 Å². The first-order valence-corrected chi connectivity index (χ1v) is 6.85. The van der Waals surface area contributed by atoms with Gasteiger partial charge in [0.25, 0.3) is 0 Å². The molecule has 2 N–H and O–H groups in total. The summed E-state index contributed by atoms with van der Waals surface area (Å²) in [5.41, 5.74) is 0.736. The molecule has 1 aliphatic heterocycles. The third-order valence-electron chi connectivity index (χ3n) is 3.82. The molecule has 6 nitrogen and oxygen atoms in total. The quantitative estimate of drug-likeness (QED) is 0.487. The van der Waals surface area contributed by atoms with Crippen molar-refractivity contribution in [2.75, 3.05) is 11.9 Å². The van der Waals surface area contributed by atoms with Crippen LogP contribution in [0.5, 0.6) is 0 Å². The maximum Gasteiger partial charge on any atom is 0.163 e. The minimum absolute atomic E-state index is 0. The molecule has 22 heavy (non-hydrogen) atoms. The van der Waals surface area contributed by atoms with Gasteiger partial charge in [-0.25, -0.2) is 0 Å². The topological polar surface area (TPSA) is 76.5 Å². The van der Waals surface area contributed by atoms with Crippen LogP contribution < -0.4 is 5.32 Å². The maximum absolute atomic E-state index is 9.51. The van der Waals surface area contributed by atoms with Gasteiger partial charge >= 0.3 is 0 Å². The summed E-state index contributed by atoms with van der Waals surface area (Å²) in [4.78, 5) is 7.95. The van der Waals surface area contributed by atoms with E-state index in [2.05, 4.69) is 27.7 Å². The third kappa shape index (κ3) is 4.10. The standard InChI is InChI=1S/C14H19N3O3.2Rh/c1-8-4-11(16-7-15-8)17-10-5-9(6-18)12-13(10)20-14(2,3)19-12;;/h9-10,12-13,18H,5-6H2,1-3H3,(H,15,16,17);;/q-2;;/t9-,10-,12-,13+;;/m1../s1. The Balaban J connectivity index is 0.00000121. The average molecular weight is 483 g/mol. The summed E-state index contributed by atoms with van der Waals surface area (Å²) < 4.78 is 11.9. The van der Waals surface area contributed by atoms with E-state index in [1.165, 1.54) is 0 Å². The molecule has 0 unspecified atom stereocenters. The molecule has 1 saturated carbocycles. The Hall–Kier alpha value is 0.00675. The van der Waals surface area contributed by atoms with Gasteiger partial charge in [0.1, 0.15) is 6.10 Å². The number of ether oxygens (including phenoxy) is 2. The van der Waals surface area contributed by atoms with E-state index in [0.717, 1.165) is 12.1 Å². The summed E-state index contributed by atoms with van der Waals surface area (Å²) in [5, 5.41) is 12.8. The maximum atomic E-state index is 9.51. The minimum atomic E-state index is -0.611. The van der Waals surface area contributed by atoms with E-state index in [4.69, 9.17) is 9.47 Å². The summed E-state index contributed by atoms with van der Waals surface area (Å²) in [7, 11) is 0. The van der Waals surface area contributed by atoms with Gasteiger partial charge in [0.05, 0.1) is 6.10 Å². The van der Waals surface area contributed by atoms with Gasteiger partial charge in [-0.05, 0) is 20.3 Å². The van der Waals surface area contributed by atoms with Crippen molar-refractivity contribution in [3.05, 3.63) is 18.1 Å². The molecule has 2 aliphatic rings. The Morgan fingerprint density at radius 2 is 1.95 bits per heavy atom. The molecular formula is C14H19N3O3Rh2-2. The average Bonchev–Trinajstić information content (AvgIpc) is 2.84.